The molecule has 0 radical (unpaired) electrons. The molecule has 0 rings (SSSR count). The molecule has 0 aromatic carbocycles. The van der Waals surface area contributed by atoms with Gasteiger partial charge in [-0.2, -0.15) is 0 Å². The molecule has 0 saturated carbocycles. The van der Waals surface area contributed by atoms with E-state index in [0.29, 0.717) is 0 Å². The van der Waals surface area contributed by atoms with Crippen molar-refractivity contribution in [3.8, 4) is 0 Å². The molecule has 0 bridgehead atoms. The summed E-state index contributed by atoms with van der Waals surface area (Å²) in [6.45, 7) is 14.7. The van der Waals surface area contributed by atoms with Gasteiger partial charge in [-0.3, -0.25) is 0 Å². The monoisotopic (exact) mass is 294 g/mol. The molecule has 124 valence electrons. The van der Waals surface area contributed by atoms with Crippen LogP contribution in [-0.4, -0.2) is 10.7 Å². The van der Waals surface area contributed by atoms with Gasteiger partial charge in [0.15, 0.2) is 0 Å². The third kappa shape index (κ3) is 12.9. The van der Waals surface area contributed by atoms with Gasteiger partial charge in [0.05, 0.1) is 5.60 Å². The van der Waals surface area contributed by atoms with Crippen molar-refractivity contribution in [1.29, 1.82) is 0 Å². The van der Waals surface area contributed by atoms with Crippen LogP contribution in [0.3, 0.4) is 0 Å². The third-order valence-corrected chi connectivity index (χ3v) is 4.33. The summed E-state index contributed by atoms with van der Waals surface area (Å²) in [6.07, 6.45) is 13.6. The molecule has 21 heavy (non-hydrogen) atoms. The highest BCUT2D eigenvalue weighted by Crippen LogP contribution is 2.20. The average Bonchev–Trinajstić information content (AvgIpc) is 2.38. The van der Waals surface area contributed by atoms with Crippen LogP contribution in [0.25, 0.3) is 0 Å². The summed E-state index contributed by atoms with van der Waals surface area (Å²) in [4.78, 5) is 0. The molecule has 1 heteroatoms. The van der Waals surface area contributed by atoms with Gasteiger partial charge in [0.1, 0.15) is 0 Å². The largest absolute Gasteiger partial charge is 0.386 e. The summed E-state index contributed by atoms with van der Waals surface area (Å²) in [7, 11) is 0. The van der Waals surface area contributed by atoms with Gasteiger partial charge < -0.3 is 5.11 Å². The molecular formula is C20H38O. The maximum Gasteiger partial charge on any atom is 0.0800 e. The van der Waals surface area contributed by atoms with Gasteiger partial charge in [0.2, 0.25) is 0 Å². The Morgan fingerprint density at radius 2 is 1.76 bits per heavy atom. The third-order valence-electron chi connectivity index (χ3n) is 4.33. The van der Waals surface area contributed by atoms with E-state index in [4.69, 9.17) is 0 Å². The molecule has 0 heterocycles. The van der Waals surface area contributed by atoms with E-state index < -0.39 is 5.60 Å². The zero-order valence-corrected chi connectivity index (χ0v) is 15.1. The number of allylic oxidation sites excluding steroid dienone is 2. The van der Waals surface area contributed by atoms with Crippen molar-refractivity contribution in [2.24, 2.45) is 11.8 Å². The first-order valence-corrected chi connectivity index (χ1v) is 8.78. The minimum absolute atomic E-state index is 0.721. The Morgan fingerprint density at radius 1 is 1.14 bits per heavy atom. The van der Waals surface area contributed by atoms with E-state index in [-0.39, 0.29) is 0 Å². The molecule has 2 atom stereocenters. The van der Waals surface area contributed by atoms with Gasteiger partial charge in [-0.05, 0) is 51.4 Å². The molecule has 0 aromatic heterocycles. The summed E-state index contributed by atoms with van der Waals surface area (Å²) in [6, 6.07) is 0. The predicted molar refractivity (Wildman–Crippen MR) is 95.5 cm³/mol. The van der Waals surface area contributed by atoms with E-state index in [1.54, 1.807) is 6.08 Å². The van der Waals surface area contributed by atoms with Crippen molar-refractivity contribution in [2.75, 3.05) is 0 Å². The number of hydrogen-bond donors (Lipinski definition) is 1. The second-order valence-electron chi connectivity index (χ2n) is 7.47. The van der Waals surface area contributed by atoms with Crippen LogP contribution in [0.2, 0.25) is 0 Å². The van der Waals surface area contributed by atoms with E-state index >= 15 is 0 Å². The molecule has 0 aliphatic heterocycles. The van der Waals surface area contributed by atoms with Crippen molar-refractivity contribution in [1.82, 2.24) is 0 Å². The summed E-state index contributed by atoms with van der Waals surface area (Å²) < 4.78 is 0. The van der Waals surface area contributed by atoms with Gasteiger partial charge in [-0.1, -0.05) is 64.2 Å². The quantitative estimate of drug-likeness (QED) is 0.420. The van der Waals surface area contributed by atoms with Gasteiger partial charge in [-0.15, -0.1) is 6.58 Å². The number of rotatable bonds is 12. The second-order valence-corrected chi connectivity index (χ2v) is 7.47. The fourth-order valence-electron chi connectivity index (χ4n) is 2.56. The van der Waals surface area contributed by atoms with Crippen molar-refractivity contribution < 1.29 is 5.11 Å². The van der Waals surface area contributed by atoms with Gasteiger partial charge in [0, 0.05) is 0 Å². The molecule has 0 fully saturated rings. The number of aliphatic hydroxyl groups is 1. The van der Waals surface area contributed by atoms with Gasteiger partial charge in [-0.25, -0.2) is 0 Å². The zero-order valence-electron chi connectivity index (χ0n) is 15.1. The molecule has 0 amide bonds. The lowest BCUT2D eigenvalue weighted by molar-refractivity contribution is 0.103. The van der Waals surface area contributed by atoms with Crippen molar-refractivity contribution in [2.45, 2.75) is 91.6 Å². The fraction of sp³-hybridized carbons (Fsp3) is 0.800. The molecule has 0 saturated heterocycles. The molecule has 1 N–H and O–H groups in total. The lowest BCUT2D eigenvalue weighted by atomic mass is 9.94. The highest BCUT2D eigenvalue weighted by Gasteiger charge is 2.13. The molecule has 0 aliphatic rings. The second kappa shape index (κ2) is 11.1. The topological polar surface area (TPSA) is 20.2 Å². The van der Waals surface area contributed by atoms with E-state index in [2.05, 4.69) is 40.3 Å². The minimum Gasteiger partial charge on any atom is -0.386 e. The van der Waals surface area contributed by atoms with Crippen molar-refractivity contribution in [3.63, 3.8) is 0 Å². The molecule has 0 aromatic rings. The van der Waals surface area contributed by atoms with Crippen molar-refractivity contribution >= 4 is 0 Å². The van der Waals surface area contributed by atoms with Crippen LogP contribution >= 0.6 is 0 Å². The van der Waals surface area contributed by atoms with Gasteiger partial charge >= 0.3 is 0 Å². The summed E-state index contributed by atoms with van der Waals surface area (Å²) in [5, 5.41) is 9.86. The smallest absolute Gasteiger partial charge is 0.0800 e. The van der Waals surface area contributed by atoms with Crippen LogP contribution in [0.1, 0.15) is 86.0 Å². The van der Waals surface area contributed by atoms with Crippen LogP contribution in [-0.2, 0) is 0 Å². The SMILES string of the molecule is C=CC(C)(O)CC/C=C(/C)CCCC(C)CCCC(C)C. The highest BCUT2D eigenvalue weighted by molar-refractivity contribution is 5.00. The first-order chi connectivity index (χ1) is 9.76. The Hall–Kier alpha value is -0.560. The number of hydrogen-bond acceptors (Lipinski definition) is 1. The lowest BCUT2D eigenvalue weighted by Crippen LogP contribution is -2.19. The first-order valence-electron chi connectivity index (χ1n) is 8.78. The molecule has 0 aliphatic carbocycles. The van der Waals surface area contributed by atoms with E-state index in [0.717, 1.165) is 24.7 Å². The minimum atomic E-state index is -0.721. The zero-order chi connectivity index (χ0) is 16.3. The lowest BCUT2D eigenvalue weighted by Gasteiger charge is -2.17. The normalized spacial score (nSPS) is 16.8. The van der Waals surface area contributed by atoms with Crippen molar-refractivity contribution in [3.05, 3.63) is 24.3 Å². The van der Waals surface area contributed by atoms with Crippen LogP contribution in [0.15, 0.2) is 24.3 Å². The Morgan fingerprint density at radius 3 is 2.33 bits per heavy atom. The van der Waals surface area contributed by atoms with Crippen LogP contribution in [0, 0.1) is 11.8 Å². The Balaban J connectivity index is 3.73. The van der Waals surface area contributed by atoms with Gasteiger partial charge in [0.25, 0.3) is 0 Å². The molecule has 1 nitrogen and oxygen atoms in total. The van der Waals surface area contributed by atoms with E-state index in [1.165, 1.54) is 44.1 Å². The molecular weight excluding hydrogens is 256 g/mol. The van der Waals surface area contributed by atoms with Crippen LogP contribution in [0.4, 0.5) is 0 Å². The van der Waals surface area contributed by atoms with Crippen LogP contribution in [0.5, 0.6) is 0 Å². The summed E-state index contributed by atoms with van der Waals surface area (Å²) >= 11 is 0. The maximum absolute atomic E-state index is 9.86. The Labute approximate surface area is 133 Å². The highest BCUT2D eigenvalue weighted by atomic mass is 16.3. The Bertz CT molecular complexity index is 299. The predicted octanol–water partition coefficient (Wildman–Crippen LogP) is 6.28. The maximum atomic E-state index is 9.86. The Kier molecular flexibility index (Phi) is 10.8. The first kappa shape index (κ1) is 20.4. The fourth-order valence-corrected chi connectivity index (χ4v) is 2.56. The standard InChI is InChI=1S/C20H38O/c1-7-20(6,21)16-10-15-19(5)14-9-13-18(4)12-8-11-17(2)3/h7,15,17-18,21H,1,8-14,16H2,2-6H3/b19-15-. The average molecular weight is 295 g/mol. The molecule has 2 unspecified atom stereocenters. The molecule has 0 spiro atoms. The van der Waals surface area contributed by atoms with E-state index in [1.807, 2.05) is 6.92 Å². The van der Waals surface area contributed by atoms with Crippen LogP contribution < -0.4 is 0 Å². The van der Waals surface area contributed by atoms with E-state index in [9.17, 15) is 5.11 Å². The summed E-state index contributed by atoms with van der Waals surface area (Å²) in [5.41, 5.74) is 0.742. The summed E-state index contributed by atoms with van der Waals surface area (Å²) in [5.74, 6) is 1.70.